The second-order valence-corrected chi connectivity index (χ2v) is 5.60. The van der Waals surface area contributed by atoms with Gasteiger partial charge in [-0.2, -0.15) is 5.10 Å². The number of nitrogens with one attached hydrogen (secondary N) is 1. The number of ether oxygens (including phenoxy) is 1. The Hall–Kier alpha value is -1.52. The summed E-state index contributed by atoms with van der Waals surface area (Å²) >= 11 is 6.25. The highest BCUT2D eigenvalue weighted by Gasteiger charge is 2.20. The van der Waals surface area contributed by atoms with Crippen molar-refractivity contribution in [3.05, 3.63) is 46.7 Å². The molecule has 0 bridgehead atoms. The summed E-state index contributed by atoms with van der Waals surface area (Å²) in [5.41, 5.74) is 2.08. The first-order valence-electron chi connectivity index (χ1n) is 6.84. The van der Waals surface area contributed by atoms with Crippen molar-refractivity contribution in [2.75, 3.05) is 0 Å². The molecule has 5 heteroatoms. The van der Waals surface area contributed by atoms with Crippen molar-refractivity contribution in [2.24, 2.45) is 7.05 Å². The number of aromatic nitrogens is 2. The standard InChI is InChI=1S/C15H18ClN3O/c1-19-7-6-13(18-19)10-20-15-5-2-11(8-14(15)16)9-17-12-3-4-12/h2,5-8,12,17H,3-4,9-10H2,1H3. The molecule has 2 aromatic rings. The summed E-state index contributed by atoms with van der Waals surface area (Å²) in [6, 6.07) is 8.57. The summed E-state index contributed by atoms with van der Waals surface area (Å²) in [5, 5.41) is 8.38. The molecule has 1 aliphatic carbocycles. The Kier molecular flexibility index (Phi) is 3.94. The summed E-state index contributed by atoms with van der Waals surface area (Å²) < 4.78 is 7.46. The molecular formula is C15H18ClN3O. The van der Waals surface area contributed by atoms with E-state index in [0.29, 0.717) is 23.4 Å². The molecule has 1 aliphatic rings. The number of rotatable bonds is 6. The van der Waals surface area contributed by atoms with Gasteiger partial charge in [0.2, 0.25) is 0 Å². The van der Waals surface area contributed by atoms with Gasteiger partial charge in [0.15, 0.2) is 0 Å². The maximum Gasteiger partial charge on any atom is 0.138 e. The van der Waals surface area contributed by atoms with Crippen LogP contribution in [0.3, 0.4) is 0 Å². The fourth-order valence-corrected chi connectivity index (χ4v) is 2.27. The molecule has 1 saturated carbocycles. The average Bonchev–Trinajstić information content (AvgIpc) is 3.17. The van der Waals surface area contributed by atoms with Crippen molar-refractivity contribution in [3.63, 3.8) is 0 Å². The third kappa shape index (κ3) is 3.52. The van der Waals surface area contributed by atoms with Gasteiger partial charge in [-0.05, 0) is 36.6 Å². The van der Waals surface area contributed by atoms with Crippen molar-refractivity contribution in [1.82, 2.24) is 15.1 Å². The first-order chi connectivity index (χ1) is 9.70. The van der Waals surface area contributed by atoms with Crippen LogP contribution in [0.4, 0.5) is 0 Å². The number of halogens is 1. The van der Waals surface area contributed by atoms with E-state index < -0.39 is 0 Å². The van der Waals surface area contributed by atoms with Crippen molar-refractivity contribution < 1.29 is 4.74 Å². The topological polar surface area (TPSA) is 39.1 Å². The lowest BCUT2D eigenvalue weighted by Crippen LogP contribution is -2.15. The number of hydrogen-bond donors (Lipinski definition) is 1. The number of benzene rings is 1. The summed E-state index contributed by atoms with van der Waals surface area (Å²) in [7, 11) is 1.89. The van der Waals surface area contributed by atoms with Crippen LogP contribution in [0, 0.1) is 0 Å². The first-order valence-corrected chi connectivity index (χ1v) is 7.21. The van der Waals surface area contributed by atoms with Gasteiger partial charge < -0.3 is 10.1 Å². The third-order valence-corrected chi connectivity index (χ3v) is 3.61. The smallest absolute Gasteiger partial charge is 0.138 e. The van der Waals surface area contributed by atoms with Crippen LogP contribution in [-0.2, 0) is 20.2 Å². The maximum atomic E-state index is 6.25. The summed E-state index contributed by atoms with van der Waals surface area (Å²) in [6.07, 6.45) is 4.48. The highest BCUT2D eigenvalue weighted by Crippen LogP contribution is 2.27. The second kappa shape index (κ2) is 5.85. The van der Waals surface area contributed by atoms with E-state index in [4.69, 9.17) is 16.3 Å². The van der Waals surface area contributed by atoms with E-state index in [-0.39, 0.29) is 0 Å². The minimum absolute atomic E-state index is 0.431. The first kappa shape index (κ1) is 13.5. The molecule has 1 heterocycles. The second-order valence-electron chi connectivity index (χ2n) is 5.19. The Labute approximate surface area is 123 Å². The van der Waals surface area contributed by atoms with Crippen LogP contribution in [-0.4, -0.2) is 15.8 Å². The van der Waals surface area contributed by atoms with E-state index in [1.54, 1.807) is 4.68 Å². The summed E-state index contributed by atoms with van der Waals surface area (Å²) in [5.74, 6) is 0.701. The number of aryl methyl sites for hydroxylation is 1. The SMILES string of the molecule is Cn1ccc(COc2ccc(CNC3CC3)cc2Cl)n1. The van der Waals surface area contributed by atoms with Crippen LogP contribution < -0.4 is 10.1 Å². The molecule has 3 rings (SSSR count). The quantitative estimate of drug-likeness (QED) is 0.889. The minimum atomic E-state index is 0.431. The summed E-state index contributed by atoms with van der Waals surface area (Å²) in [6.45, 7) is 1.30. The Morgan fingerprint density at radius 3 is 2.90 bits per heavy atom. The van der Waals surface area contributed by atoms with Crippen LogP contribution >= 0.6 is 11.6 Å². The van der Waals surface area contributed by atoms with Gasteiger partial charge in [0, 0.05) is 25.8 Å². The predicted molar refractivity (Wildman–Crippen MR) is 78.9 cm³/mol. The van der Waals surface area contributed by atoms with Gasteiger partial charge in [-0.25, -0.2) is 0 Å². The van der Waals surface area contributed by atoms with Crippen LogP contribution in [0.25, 0.3) is 0 Å². The van der Waals surface area contributed by atoms with Crippen LogP contribution in [0.15, 0.2) is 30.5 Å². The molecule has 106 valence electrons. The molecule has 0 saturated heterocycles. The molecule has 0 unspecified atom stereocenters. The molecule has 0 amide bonds. The zero-order chi connectivity index (χ0) is 13.9. The van der Waals surface area contributed by atoms with Gasteiger partial charge in [0.25, 0.3) is 0 Å². The Morgan fingerprint density at radius 2 is 2.25 bits per heavy atom. The zero-order valence-electron chi connectivity index (χ0n) is 11.5. The van der Waals surface area contributed by atoms with Gasteiger partial charge >= 0.3 is 0 Å². The maximum absolute atomic E-state index is 6.25. The lowest BCUT2D eigenvalue weighted by molar-refractivity contribution is 0.300. The van der Waals surface area contributed by atoms with Crippen molar-refractivity contribution >= 4 is 11.6 Å². The highest BCUT2D eigenvalue weighted by molar-refractivity contribution is 6.32. The number of hydrogen-bond acceptors (Lipinski definition) is 3. The van der Waals surface area contributed by atoms with Crippen LogP contribution in [0.5, 0.6) is 5.75 Å². The van der Waals surface area contributed by atoms with Crippen LogP contribution in [0.2, 0.25) is 5.02 Å². The molecule has 0 spiro atoms. The van der Waals surface area contributed by atoms with E-state index in [9.17, 15) is 0 Å². The molecule has 0 radical (unpaired) electrons. The zero-order valence-corrected chi connectivity index (χ0v) is 12.2. The molecule has 1 N–H and O–H groups in total. The van der Waals surface area contributed by atoms with Gasteiger partial charge in [0.1, 0.15) is 12.4 Å². The van der Waals surface area contributed by atoms with E-state index in [1.807, 2.05) is 31.4 Å². The molecule has 0 aliphatic heterocycles. The normalized spacial score (nSPS) is 14.5. The van der Waals surface area contributed by atoms with Crippen molar-refractivity contribution in [2.45, 2.75) is 32.0 Å². The lowest BCUT2D eigenvalue weighted by Gasteiger charge is -2.09. The largest absolute Gasteiger partial charge is 0.486 e. The van der Waals surface area contributed by atoms with E-state index >= 15 is 0 Å². The Balaban J connectivity index is 1.58. The molecule has 0 atom stereocenters. The van der Waals surface area contributed by atoms with E-state index in [1.165, 1.54) is 18.4 Å². The highest BCUT2D eigenvalue weighted by atomic mass is 35.5. The molecule has 20 heavy (non-hydrogen) atoms. The average molecular weight is 292 g/mol. The van der Waals surface area contributed by atoms with E-state index in [2.05, 4.69) is 16.5 Å². The Morgan fingerprint density at radius 1 is 1.40 bits per heavy atom. The fraction of sp³-hybridized carbons (Fsp3) is 0.400. The predicted octanol–water partition coefficient (Wildman–Crippen LogP) is 2.90. The van der Waals surface area contributed by atoms with Crippen LogP contribution in [0.1, 0.15) is 24.1 Å². The van der Waals surface area contributed by atoms with Gasteiger partial charge in [-0.15, -0.1) is 0 Å². The van der Waals surface area contributed by atoms with Crippen molar-refractivity contribution in [1.29, 1.82) is 0 Å². The van der Waals surface area contributed by atoms with Crippen molar-refractivity contribution in [3.8, 4) is 5.75 Å². The van der Waals surface area contributed by atoms with Gasteiger partial charge in [0.05, 0.1) is 10.7 Å². The molecular weight excluding hydrogens is 274 g/mol. The molecule has 4 nitrogen and oxygen atoms in total. The minimum Gasteiger partial charge on any atom is -0.486 e. The monoisotopic (exact) mass is 291 g/mol. The van der Waals surface area contributed by atoms with Gasteiger partial charge in [-0.1, -0.05) is 17.7 Å². The Bertz CT molecular complexity index is 593. The molecule has 1 aromatic carbocycles. The fourth-order valence-electron chi connectivity index (χ4n) is 2.01. The molecule has 1 aromatic heterocycles. The molecule has 1 fully saturated rings. The summed E-state index contributed by atoms with van der Waals surface area (Å²) in [4.78, 5) is 0. The third-order valence-electron chi connectivity index (χ3n) is 3.31. The van der Waals surface area contributed by atoms with E-state index in [0.717, 1.165) is 12.2 Å². The number of nitrogens with zero attached hydrogens (tertiary/aromatic N) is 2. The van der Waals surface area contributed by atoms with Gasteiger partial charge in [-0.3, -0.25) is 4.68 Å². The lowest BCUT2D eigenvalue weighted by atomic mass is 10.2.